The number of hydrogen-bond acceptors (Lipinski definition) is 2. The van der Waals surface area contributed by atoms with Crippen molar-refractivity contribution in [2.45, 2.75) is 45.1 Å². The maximum Gasteiger partial charge on any atom is 0.224 e. The zero-order valence-corrected chi connectivity index (χ0v) is 15.7. The summed E-state index contributed by atoms with van der Waals surface area (Å²) < 4.78 is 1.96. The molecule has 4 nitrogen and oxygen atoms in total. The number of fused-ring (bicyclic) bond motifs is 1. The highest BCUT2D eigenvalue weighted by atomic mass is 16.1. The number of carbonyl (C=O) groups excluding carboxylic acids is 1. The summed E-state index contributed by atoms with van der Waals surface area (Å²) in [5.41, 5.74) is 6.14. The van der Waals surface area contributed by atoms with Crippen molar-refractivity contribution in [3.63, 3.8) is 0 Å². The molecular formula is C23H25N3O. The summed E-state index contributed by atoms with van der Waals surface area (Å²) in [5, 5.41) is 3.12. The summed E-state index contributed by atoms with van der Waals surface area (Å²) in [6.45, 7) is 2.02. The first-order valence-electron chi connectivity index (χ1n) is 9.67. The molecule has 1 N–H and O–H groups in total. The third-order valence-corrected chi connectivity index (χ3v) is 5.35. The lowest BCUT2D eigenvalue weighted by Crippen LogP contribution is -2.28. The van der Waals surface area contributed by atoms with Crippen molar-refractivity contribution in [1.29, 1.82) is 0 Å². The number of benzene rings is 2. The Morgan fingerprint density at radius 1 is 1.11 bits per heavy atom. The minimum atomic E-state index is -0.0213. The number of hydrogen-bond donors (Lipinski definition) is 1. The van der Waals surface area contributed by atoms with Crippen LogP contribution >= 0.6 is 0 Å². The molecule has 1 heterocycles. The van der Waals surface area contributed by atoms with E-state index in [1.165, 1.54) is 30.4 Å². The van der Waals surface area contributed by atoms with Gasteiger partial charge >= 0.3 is 0 Å². The molecular weight excluding hydrogens is 334 g/mol. The van der Waals surface area contributed by atoms with E-state index in [0.717, 1.165) is 23.2 Å². The fraction of sp³-hybridized carbons (Fsp3) is 0.304. The summed E-state index contributed by atoms with van der Waals surface area (Å²) in [5.74, 6) is 0.0666. The van der Waals surface area contributed by atoms with Crippen LogP contribution in [-0.2, 0) is 24.1 Å². The number of aromatic nitrogens is 2. The van der Waals surface area contributed by atoms with E-state index in [-0.39, 0.29) is 11.9 Å². The molecule has 4 rings (SSSR count). The van der Waals surface area contributed by atoms with Crippen LogP contribution in [0.4, 0.5) is 0 Å². The van der Waals surface area contributed by atoms with E-state index < -0.39 is 0 Å². The van der Waals surface area contributed by atoms with E-state index in [1.54, 1.807) is 12.5 Å². The lowest BCUT2D eigenvalue weighted by Gasteiger charge is -2.18. The molecule has 2 aromatic carbocycles. The van der Waals surface area contributed by atoms with Gasteiger partial charge in [0.2, 0.25) is 5.91 Å². The maximum absolute atomic E-state index is 12.5. The molecule has 0 saturated carbocycles. The van der Waals surface area contributed by atoms with Gasteiger partial charge in [0.05, 0.1) is 18.8 Å². The molecule has 138 valence electrons. The molecule has 1 aliphatic rings. The minimum absolute atomic E-state index is 0.0213. The van der Waals surface area contributed by atoms with Crippen LogP contribution in [0.1, 0.15) is 48.1 Å². The zero-order valence-electron chi connectivity index (χ0n) is 15.7. The first-order chi connectivity index (χ1) is 13.2. The van der Waals surface area contributed by atoms with Crippen molar-refractivity contribution >= 4 is 5.91 Å². The highest BCUT2D eigenvalue weighted by Gasteiger charge is 2.13. The molecule has 1 aliphatic carbocycles. The number of nitrogens with zero attached hydrogens (tertiary/aromatic N) is 2. The first kappa shape index (κ1) is 17.5. The van der Waals surface area contributed by atoms with Crippen molar-refractivity contribution in [2.75, 3.05) is 0 Å². The van der Waals surface area contributed by atoms with Crippen molar-refractivity contribution in [2.24, 2.45) is 0 Å². The largest absolute Gasteiger partial charge is 0.349 e. The van der Waals surface area contributed by atoms with E-state index in [1.807, 2.05) is 29.8 Å². The zero-order chi connectivity index (χ0) is 18.6. The topological polar surface area (TPSA) is 46.9 Å². The van der Waals surface area contributed by atoms with Crippen LogP contribution in [0.3, 0.4) is 0 Å². The van der Waals surface area contributed by atoms with Crippen molar-refractivity contribution in [3.05, 3.63) is 83.4 Å². The van der Waals surface area contributed by atoms with Gasteiger partial charge in [0.1, 0.15) is 0 Å². The molecule has 0 bridgehead atoms. The van der Waals surface area contributed by atoms with Gasteiger partial charge in [-0.1, -0.05) is 30.3 Å². The minimum Gasteiger partial charge on any atom is -0.349 e. The van der Waals surface area contributed by atoms with E-state index in [2.05, 4.69) is 40.6 Å². The van der Waals surface area contributed by atoms with Gasteiger partial charge in [-0.15, -0.1) is 0 Å². The van der Waals surface area contributed by atoms with Crippen molar-refractivity contribution < 1.29 is 4.79 Å². The van der Waals surface area contributed by atoms with Crippen LogP contribution in [-0.4, -0.2) is 15.5 Å². The average molecular weight is 359 g/mol. The first-order valence-corrected chi connectivity index (χ1v) is 9.67. The van der Waals surface area contributed by atoms with Gasteiger partial charge in [-0.25, -0.2) is 4.98 Å². The number of rotatable bonds is 5. The van der Waals surface area contributed by atoms with Crippen LogP contribution in [0.5, 0.6) is 0 Å². The predicted molar refractivity (Wildman–Crippen MR) is 107 cm³/mol. The lowest BCUT2D eigenvalue weighted by atomic mass is 9.90. The number of aryl methyl sites for hydroxylation is 2. The van der Waals surface area contributed by atoms with Crippen LogP contribution in [0, 0.1) is 0 Å². The molecule has 0 fully saturated rings. The van der Waals surface area contributed by atoms with Crippen LogP contribution in [0.15, 0.2) is 61.2 Å². The Hall–Kier alpha value is -2.88. The number of imidazole rings is 1. The monoisotopic (exact) mass is 359 g/mol. The standard InChI is InChI=1S/C23H25N3O/c1-17(19-8-10-22(11-9-19)26-13-12-24-16-26)25-23(27)15-18-6-7-20-4-2-3-5-21(20)14-18/h6-14,16-17H,2-5,15H2,1H3,(H,25,27)/t17-/m1/s1. The van der Waals surface area contributed by atoms with Crippen molar-refractivity contribution in [1.82, 2.24) is 14.9 Å². The average Bonchev–Trinajstić information content (AvgIpc) is 3.23. The van der Waals surface area contributed by atoms with Gasteiger partial charge in [-0.3, -0.25) is 4.79 Å². The van der Waals surface area contributed by atoms with Gasteiger partial charge in [-0.05, 0) is 67.0 Å². The Labute approximate surface area is 160 Å². The molecule has 1 atom stereocenters. The van der Waals surface area contributed by atoms with Gasteiger partial charge in [0, 0.05) is 18.1 Å². The summed E-state index contributed by atoms with van der Waals surface area (Å²) in [6.07, 6.45) is 10.7. The summed E-state index contributed by atoms with van der Waals surface area (Å²) in [7, 11) is 0. The molecule has 0 spiro atoms. The Bertz CT molecular complexity index is 913. The van der Waals surface area contributed by atoms with E-state index in [4.69, 9.17) is 0 Å². The van der Waals surface area contributed by atoms with Gasteiger partial charge in [-0.2, -0.15) is 0 Å². The second-order valence-corrected chi connectivity index (χ2v) is 7.34. The smallest absolute Gasteiger partial charge is 0.224 e. The summed E-state index contributed by atoms with van der Waals surface area (Å²) >= 11 is 0. The van der Waals surface area contributed by atoms with Crippen molar-refractivity contribution in [3.8, 4) is 5.69 Å². The number of amides is 1. The summed E-state index contributed by atoms with van der Waals surface area (Å²) in [6, 6.07) is 14.7. The molecule has 27 heavy (non-hydrogen) atoms. The molecule has 0 saturated heterocycles. The highest BCUT2D eigenvalue weighted by molar-refractivity contribution is 5.79. The molecule has 0 unspecified atom stereocenters. The molecule has 0 radical (unpaired) electrons. The highest BCUT2D eigenvalue weighted by Crippen LogP contribution is 2.22. The quantitative estimate of drug-likeness (QED) is 0.743. The maximum atomic E-state index is 12.5. The van der Waals surface area contributed by atoms with Crippen LogP contribution < -0.4 is 5.32 Å². The lowest BCUT2D eigenvalue weighted by molar-refractivity contribution is -0.121. The molecule has 1 aromatic heterocycles. The Balaban J connectivity index is 1.37. The fourth-order valence-corrected chi connectivity index (χ4v) is 3.80. The van der Waals surface area contributed by atoms with Crippen LogP contribution in [0.2, 0.25) is 0 Å². The molecule has 0 aliphatic heterocycles. The predicted octanol–water partition coefficient (Wildman–Crippen LogP) is 4.17. The summed E-state index contributed by atoms with van der Waals surface area (Å²) in [4.78, 5) is 16.6. The van der Waals surface area contributed by atoms with Gasteiger partial charge in [0.15, 0.2) is 0 Å². The van der Waals surface area contributed by atoms with Crippen LogP contribution in [0.25, 0.3) is 5.69 Å². The number of carbonyl (C=O) groups is 1. The second-order valence-electron chi connectivity index (χ2n) is 7.34. The van der Waals surface area contributed by atoms with Gasteiger partial charge < -0.3 is 9.88 Å². The third kappa shape index (κ3) is 4.11. The SMILES string of the molecule is C[C@@H](NC(=O)Cc1ccc2c(c1)CCCC2)c1ccc(-n2ccnc2)cc1. The van der Waals surface area contributed by atoms with E-state index in [0.29, 0.717) is 6.42 Å². The van der Waals surface area contributed by atoms with Gasteiger partial charge in [0.25, 0.3) is 0 Å². The van der Waals surface area contributed by atoms with E-state index in [9.17, 15) is 4.79 Å². The molecule has 1 amide bonds. The fourth-order valence-electron chi connectivity index (χ4n) is 3.80. The number of nitrogens with one attached hydrogen (secondary N) is 1. The Morgan fingerprint density at radius 3 is 2.63 bits per heavy atom. The Kier molecular flexibility index (Phi) is 5.05. The molecule has 3 aromatic rings. The Morgan fingerprint density at radius 2 is 1.89 bits per heavy atom. The molecule has 4 heteroatoms. The normalized spacial score (nSPS) is 14.4. The third-order valence-electron chi connectivity index (χ3n) is 5.35. The van der Waals surface area contributed by atoms with E-state index >= 15 is 0 Å². The second kappa shape index (κ2) is 7.78.